The van der Waals surface area contributed by atoms with Gasteiger partial charge in [0.25, 0.3) is 5.91 Å². The van der Waals surface area contributed by atoms with Gasteiger partial charge in [-0.15, -0.1) is 0 Å². The van der Waals surface area contributed by atoms with Crippen molar-refractivity contribution < 1.29 is 22.4 Å². The minimum absolute atomic E-state index is 0.00849. The van der Waals surface area contributed by atoms with E-state index in [1.165, 1.54) is 54.7 Å². The smallest absolute Gasteiger partial charge is 0.355 e. The van der Waals surface area contributed by atoms with Gasteiger partial charge in [-0.1, -0.05) is 30.3 Å². The van der Waals surface area contributed by atoms with Gasteiger partial charge in [-0.25, -0.2) is 4.39 Å². The van der Waals surface area contributed by atoms with Crippen LogP contribution in [0.25, 0.3) is 0 Å². The van der Waals surface area contributed by atoms with Crippen molar-refractivity contribution in [3.8, 4) is 0 Å². The number of hydrogen-bond acceptors (Lipinski definition) is 3. The van der Waals surface area contributed by atoms with Gasteiger partial charge < -0.3 is 10.6 Å². The third-order valence-corrected chi connectivity index (χ3v) is 3.90. The molecule has 0 spiro atoms. The van der Waals surface area contributed by atoms with Gasteiger partial charge in [0.15, 0.2) is 0 Å². The second-order valence-corrected chi connectivity index (χ2v) is 5.87. The van der Waals surface area contributed by atoms with Crippen LogP contribution in [-0.2, 0) is 12.7 Å². The molecule has 8 heteroatoms. The fourth-order valence-electron chi connectivity index (χ4n) is 2.54. The maximum atomic E-state index is 13.6. The quantitative estimate of drug-likeness (QED) is 0.610. The maximum absolute atomic E-state index is 13.6. The first-order chi connectivity index (χ1) is 13.3. The number of carbonyl (C=O) groups is 1. The van der Waals surface area contributed by atoms with Crippen molar-refractivity contribution in [2.24, 2.45) is 0 Å². The topological polar surface area (TPSA) is 54.0 Å². The minimum atomic E-state index is -4.52. The molecule has 28 heavy (non-hydrogen) atoms. The van der Waals surface area contributed by atoms with E-state index in [2.05, 4.69) is 15.6 Å². The number of halogens is 4. The van der Waals surface area contributed by atoms with Gasteiger partial charge in [0.1, 0.15) is 11.5 Å². The Labute approximate surface area is 158 Å². The van der Waals surface area contributed by atoms with Gasteiger partial charge in [-0.2, -0.15) is 13.2 Å². The Hall–Kier alpha value is -3.42. The SMILES string of the molecule is O=C(NCc1ccccc1F)c1cc(Nc2ccccc2C(F)(F)F)ccn1. The molecule has 0 aliphatic carbocycles. The number of nitrogens with one attached hydrogen (secondary N) is 2. The predicted molar refractivity (Wildman–Crippen MR) is 96.5 cm³/mol. The van der Waals surface area contributed by atoms with Crippen LogP contribution in [0.2, 0.25) is 0 Å². The minimum Gasteiger partial charge on any atom is -0.355 e. The average molecular weight is 389 g/mol. The van der Waals surface area contributed by atoms with Crippen molar-refractivity contribution in [1.82, 2.24) is 10.3 Å². The van der Waals surface area contributed by atoms with Crippen molar-refractivity contribution in [2.45, 2.75) is 12.7 Å². The van der Waals surface area contributed by atoms with Crippen molar-refractivity contribution >= 4 is 17.3 Å². The van der Waals surface area contributed by atoms with Crippen molar-refractivity contribution in [3.05, 3.63) is 89.5 Å². The lowest BCUT2D eigenvalue weighted by Gasteiger charge is -2.14. The Morgan fingerprint density at radius 1 is 1.00 bits per heavy atom. The standard InChI is InChI=1S/C20H15F4N3O/c21-16-7-3-1-5-13(16)12-26-19(28)18-11-14(9-10-25-18)27-17-8-4-2-6-15(17)20(22,23)24/h1-11H,12H2,(H,25,27)(H,26,28). The first-order valence-corrected chi connectivity index (χ1v) is 8.25. The largest absolute Gasteiger partial charge is 0.418 e. The second kappa shape index (κ2) is 8.08. The Balaban J connectivity index is 1.74. The monoisotopic (exact) mass is 389 g/mol. The van der Waals surface area contributed by atoms with Crippen LogP contribution < -0.4 is 10.6 Å². The molecule has 2 aromatic carbocycles. The Morgan fingerprint density at radius 3 is 2.46 bits per heavy atom. The Kier molecular flexibility index (Phi) is 5.58. The lowest BCUT2D eigenvalue weighted by molar-refractivity contribution is -0.136. The summed E-state index contributed by atoms with van der Waals surface area (Å²) in [7, 11) is 0. The van der Waals surface area contributed by atoms with E-state index >= 15 is 0 Å². The van der Waals surface area contributed by atoms with E-state index in [0.717, 1.165) is 6.07 Å². The molecule has 4 nitrogen and oxygen atoms in total. The lowest BCUT2D eigenvalue weighted by Crippen LogP contribution is -2.24. The molecule has 3 aromatic rings. The fraction of sp³-hybridized carbons (Fsp3) is 0.100. The zero-order valence-corrected chi connectivity index (χ0v) is 14.4. The van der Waals surface area contributed by atoms with Crippen LogP contribution in [0.15, 0.2) is 66.9 Å². The molecule has 2 N–H and O–H groups in total. The van der Waals surface area contributed by atoms with E-state index in [9.17, 15) is 22.4 Å². The molecule has 144 valence electrons. The zero-order valence-electron chi connectivity index (χ0n) is 14.4. The van der Waals surface area contributed by atoms with E-state index in [1.54, 1.807) is 6.07 Å². The lowest BCUT2D eigenvalue weighted by atomic mass is 10.1. The number of amides is 1. The van der Waals surface area contributed by atoms with Gasteiger partial charge >= 0.3 is 6.18 Å². The van der Waals surface area contributed by atoms with E-state index in [-0.39, 0.29) is 23.6 Å². The molecule has 0 radical (unpaired) electrons. The molecule has 1 heterocycles. The summed E-state index contributed by atoms with van der Waals surface area (Å²) in [5, 5.41) is 5.19. The summed E-state index contributed by atoms with van der Waals surface area (Å²) in [5.41, 5.74) is -0.394. The normalized spacial score (nSPS) is 11.1. The van der Waals surface area contributed by atoms with Crippen LogP contribution >= 0.6 is 0 Å². The number of alkyl halides is 3. The molecule has 0 aliphatic heterocycles. The highest BCUT2D eigenvalue weighted by Crippen LogP contribution is 2.35. The molecule has 3 rings (SSSR count). The summed E-state index contributed by atoms with van der Waals surface area (Å²) in [4.78, 5) is 16.2. The number of rotatable bonds is 5. The van der Waals surface area contributed by atoms with E-state index in [0.29, 0.717) is 5.56 Å². The number of aromatic nitrogens is 1. The van der Waals surface area contributed by atoms with Gasteiger partial charge in [-0.05, 0) is 30.3 Å². The van der Waals surface area contributed by atoms with Crippen molar-refractivity contribution in [3.63, 3.8) is 0 Å². The summed E-state index contributed by atoms with van der Waals surface area (Å²) in [6, 6.07) is 13.8. The van der Waals surface area contributed by atoms with E-state index < -0.39 is 23.5 Å². The highest BCUT2D eigenvalue weighted by molar-refractivity contribution is 5.93. The first-order valence-electron chi connectivity index (χ1n) is 8.25. The highest BCUT2D eigenvalue weighted by atomic mass is 19.4. The zero-order chi connectivity index (χ0) is 20.1. The maximum Gasteiger partial charge on any atom is 0.418 e. The number of anilines is 2. The Bertz CT molecular complexity index is 989. The van der Waals surface area contributed by atoms with Gasteiger partial charge in [0, 0.05) is 24.0 Å². The summed E-state index contributed by atoms with van der Waals surface area (Å²) in [6.07, 6.45) is -3.22. The summed E-state index contributed by atoms with van der Waals surface area (Å²) in [6.45, 7) is -0.0399. The van der Waals surface area contributed by atoms with Crippen LogP contribution in [0.5, 0.6) is 0 Å². The molecule has 0 aliphatic rings. The van der Waals surface area contributed by atoms with Gasteiger partial charge in [-0.3, -0.25) is 9.78 Å². The van der Waals surface area contributed by atoms with Crippen molar-refractivity contribution in [2.75, 3.05) is 5.32 Å². The number of para-hydroxylation sites is 1. The highest BCUT2D eigenvalue weighted by Gasteiger charge is 2.33. The first kappa shape index (κ1) is 19.3. The summed E-state index contributed by atoms with van der Waals surface area (Å²) in [5.74, 6) is -1.02. The molecular weight excluding hydrogens is 374 g/mol. The predicted octanol–water partition coefficient (Wildman–Crippen LogP) is 4.91. The third kappa shape index (κ3) is 4.64. The van der Waals surface area contributed by atoms with Crippen LogP contribution in [-0.4, -0.2) is 10.9 Å². The van der Waals surface area contributed by atoms with E-state index in [4.69, 9.17) is 0 Å². The molecule has 0 atom stereocenters. The number of benzene rings is 2. The molecule has 1 aromatic heterocycles. The third-order valence-electron chi connectivity index (χ3n) is 3.90. The Morgan fingerprint density at radius 2 is 1.71 bits per heavy atom. The summed E-state index contributed by atoms with van der Waals surface area (Å²) < 4.78 is 52.9. The van der Waals surface area contributed by atoms with E-state index in [1.807, 2.05) is 0 Å². The van der Waals surface area contributed by atoms with Crippen LogP contribution in [0.4, 0.5) is 28.9 Å². The number of hydrogen-bond donors (Lipinski definition) is 2. The summed E-state index contributed by atoms with van der Waals surface area (Å²) >= 11 is 0. The van der Waals surface area contributed by atoms with Crippen LogP contribution in [0.3, 0.4) is 0 Å². The average Bonchev–Trinajstić information content (AvgIpc) is 2.67. The molecule has 0 saturated carbocycles. The van der Waals surface area contributed by atoms with Crippen LogP contribution in [0.1, 0.15) is 21.6 Å². The fourth-order valence-corrected chi connectivity index (χ4v) is 2.54. The second-order valence-electron chi connectivity index (χ2n) is 5.87. The van der Waals surface area contributed by atoms with Crippen LogP contribution in [0, 0.1) is 5.82 Å². The number of pyridine rings is 1. The molecular formula is C20H15F4N3O. The van der Waals surface area contributed by atoms with Gasteiger partial charge in [0.2, 0.25) is 0 Å². The van der Waals surface area contributed by atoms with Crippen molar-refractivity contribution in [1.29, 1.82) is 0 Å². The number of nitrogens with zero attached hydrogens (tertiary/aromatic N) is 1. The molecule has 0 fully saturated rings. The number of carbonyl (C=O) groups excluding carboxylic acids is 1. The molecule has 0 unspecified atom stereocenters. The molecule has 0 bridgehead atoms. The van der Waals surface area contributed by atoms with Gasteiger partial charge in [0.05, 0.1) is 11.3 Å². The molecule has 1 amide bonds. The molecule has 0 saturated heterocycles.